The Labute approximate surface area is 97.5 Å². The zero-order valence-corrected chi connectivity index (χ0v) is 9.64. The number of hydrogen-bond donors (Lipinski definition) is 1. The first-order valence-corrected chi connectivity index (χ1v) is 5.74. The van der Waals surface area contributed by atoms with Gasteiger partial charge in [0.1, 0.15) is 5.54 Å². The molecule has 0 aromatic carbocycles. The maximum atomic E-state index is 12.5. The summed E-state index contributed by atoms with van der Waals surface area (Å²) >= 11 is 0. The van der Waals surface area contributed by atoms with Gasteiger partial charge in [-0.25, -0.2) is 0 Å². The van der Waals surface area contributed by atoms with E-state index in [1.165, 1.54) is 0 Å². The van der Waals surface area contributed by atoms with Gasteiger partial charge in [-0.1, -0.05) is 0 Å². The molecule has 2 rings (SSSR count). The number of alkyl halides is 3. The lowest BCUT2D eigenvalue weighted by molar-refractivity contribution is -0.253. The summed E-state index contributed by atoms with van der Waals surface area (Å²) in [5.41, 5.74) is 2.91. The molecule has 2 saturated carbocycles. The number of nitrogens with two attached hydrogens (primary N) is 1. The fraction of sp³-hybridized carbons (Fsp3) is 0.909. The molecule has 0 amide bonds. The molecule has 98 valence electrons. The van der Waals surface area contributed by atoms with Gasteiger partial charge < -0.3 is 10.5 Å². The summed E-state index contributed by atoms with van der Waals surface area (Å²) in [6.45, 7) is 2.02. The number of rotatable bonds is 2. The Balaban J connectivity index is 1.85. The van der Waals surface area contributed by atoms with Crippen molar-refractivity contribution in [2.45, 2.75) is 44.3 Å². The summed E-state index contributed by atoms with van der Waals surface area (Å²) < 4.78 is 42.5. The summed E-state index contributed by atoms with van der Waals surface area (Å²) in [7, 11) is 0. The second-order valence-corrected chi connectivity index (χ2v) is 5.36. The van der Waals surface area contributed by atoms with Gasteiger partial charge in [0.2, 0.25) is 0 Å². The van der Waals surface area contributed by atoms with Crippen molar-refractivity contribution in [1.82, 2.24) is 0 Å². The van der Waals surface area contributed by atoms with Crippen molar-refractivity contribution < 1.29 is 22.7 Å². The molecule has 17 heavy (non-hydrogen) atoms. The van der Waals surface area contributed by atoms with E-state index in [0.29, 0.717) is 19.4 Å². The highest BCUT2D eigenvalue weighted by Gasteiger charge is 2.69. The minimum atomic E-state index is -4.34. The van der Waals surface area contributed by atoms with E-state index in [2.05, 4.69) is 0 Å². The van der Waals surface area contributed by atoms with Crippen LogP contribution in [0.1, 0.15) is 32.6 Å². The first-order valence-electron chi connectivity index (χ1n) is 5.74. The molecule has 1 spiro atoms. The van der Waals surface area contributed by atoms with Crippen LogP contribution >= 0.6 is 0 Å². The average Bonchev–Trinajstić information content (AvgIpc) is 2.06. The topological polar surface area (TPSA) is 52.3 Å². The van der Waals surface area contributed by atoms with Gasteiger partial charge >= 0.3 is 12.1 Å². The van der Waals surface area contributed by atoms with Crippen molar-refractivity contribution in [2.75, 3.05) is 6.61 Å². The highest BCUT2D eigenvalue weighted by Crippen LogP contribution is 2.65. The standard InChI is InChI=1S/C11H16F3NO2/c1-2-17-8(16)7-3-9(4-7)5-10(15,6-9)11(12,13)14/h7H,2-6,15H2,1H3. The molecule has 0 heterocycles. The van der Waals surface area contributed by atoms with E-state index in [0.717, 1.165) is 0 Å². The summed E-state index contributed by atoms with van der Waals surface area (Å²) in [5, 5.41) is 0. The lowest BCUT2D eigenvalue weighted by Crippen LogP contribution is -2.69. The fourth-order valence-electron chi connectivity index (χ4n) is 3.19. The molecule has 0 radical (unpaired) electrons. The molecule has 2 N–H and O–H groups in total. The molecule has 0 aromatic rings. The van der Waals surface area contributed by atoms with Gasteiger partial charge in [0.05, 0.1) is 12.5 Å². The van der Waals surface area contributed by atoms with Crippen LogP contribution in [-0.4, -0.2) is 24.3 Å². The van der Waals surface area contributed by atoms with E-state index in [1.54, 1.807) is 6.92 Å². The van der Waals surface area contributed by atoms with E-state index in [4.69, 9.17) is 10.5 Å². The predicted molar refractivity (Wildman–Crippen MR) is 54.0 cm³/mol. The van der Waals surface area contributed by atoms with Crippen LogP contribution < -0.4 is 5.73 Å². The van der Waals surface area contributed by atoms with Crippen molar-refractivity contribution in [3.05, 3.63) is 0 Å². The van der Waals surface area contributed by atoms with Gasteiger partial charge in [-0.2, -0.15) is 13.2 Å². The Bertz CT molecular complexity index is 326. The third-order valence-electron chi connectivity index (χ3n) is 3.92. The van der Waals surface area contributed by atoms with Crippen LogP contribution in [-0.2, 0) is 9.53 Å². The molecule has 2 aliphatic rings. The number of halogens is 3. The van der Waals surface area contributed by atoms with Gasteiger partial charge in [0.25, 0.3) is 0 Å². The number of esters is 1. The number of hydrogen-bond acceptors (Lipinski definition) is 3. The Hall–Kier alpha value is -0.780. The van der Waals surface area contributed by atoms with Crippen LogP contribution in [0.25, 0.3) is 0 Å². The molecule has 0 unspecified atom stereocenters. The second kappa shape index (κ2) is 3.60. The Morgan fingerprint density at radius 2 is 1.94 bits per heavy atom. The SMILES string of the molecule is CCOC(=O)C1CC2(C1)CC(N)(C(F)(F)F)C2. The van der Waals surface area contributed by atoms with Crippen LogP contribution in [0.5, 0.6) is 0 Å². The smallest absolute Gasteiger partial charge is 0.406 e. The van der Waals surface area contributed by atoms with E-state index in [9.17, 15) is 18.0 Å². The van der Waals surface area contributed by atoms with Crippen LogP contribution in [0.15, 0.2) is 0 Å². The number of ether oxygens (including phenoxy) is 1. The van der Waals surface area contributed by atoms with Crippen molar-refractivity contribution >= 4 is 5.97 Å². The fourth-order valence-corrected chi connectivity index (χ4v) is 3.19. The molecule has 0 aliphatic heterocycles. The third-order valence-corrected chi connectivity index (χ3v) is 3.92. The van der Waals surface area contributed by atoms with Gasteiger partial charge in [-0.15, -0.1) is 0 Å². The largest absolute Gasteiger partial charge is 0.466 e. The summed E-state index contributed by atoms with van der Waals surface area (Å²) in [5.74, 6) is -0.521. The Kier molecular flexibility index (Phi) is 2.69. The van der Waals surface area contributed by atoms with Crippen LogP contribution in [0.4, 0.5) is 13.2 Å². The molecule has 0 bridgehead atoms. The average molecular weight is 251 g/mol. The van der Waals surface area contributed by atoms with Crippen molar-refractivity contribution in [2.24, 2.45) is 17.1 Å². The lowest BCUT2D eigenvalue weighted by Gasteiger charge is -2.61. The van der Waals surface area contributed by atoms with Gasteiger partial charge in [-0.05, 0) is 38.0 Å². The molecule has 0 saturated heterocycles. The molecule has 6 heteroatoms. The van der Waals surface area contributed by atoms with Gasteiger partial charge in [0, 0.05) is 0 Å². The van der Waals surface area contributed by atoms with Crippen LogP contribution in [0.2, 0.25) is 0 Å². The maximum Gasteiger partial charge on any atom is 0.406 e. The van der Waals surface area contributed by atoms with Crippen molar-refractivity contribution in [3.63, 3.8) is 0 Å². The second-order valence-electron chi connectivity index (χ2n) is 5.36. The Morgan fingerprint density at radius 3 is 2.35 bits per heavy atom. The highest BCUT2D eigenvalue weighted by molar-refractivity contribution is 5.74. The molecule has 0 aromatic heterocycles. The van der Waals surface area contributed by atoms with E-state index < -0.39 is 11.7 Å². The minimum Gasteiger partial charge on any atom is -0.466 e. The highest BCUT2D eigenvalue weighted by atomic mass is 19.4. The maximum absolute atomic E-state index is 12.5. The first-order chi connectivity index (χ1) is 7.71. The third kappa shape index (κ3) is 1.92. The Morgan fingerprint density at radius 1 is 1.41 bits per heavy atom. The molecule has 2 fully saturated rings. The van der Waals surface area contributed by atoms with Crippen molar-refractivity contribution in [3.8, 4) is 0 Å². The lowest BCUT2D eigenvalue weighted by atomic mass is 9.45. The summed E-state index contributed by atoms with van der Waals surface area (Å²) in [6.07, 6.45) is -3.48. The van der Waals surface area contributed by atoms with E-state index in [-0.39, 0.29) is 30.1 Å². The van der Waals surface area contributed by atoms with E-state index in [1.807, 2.05) is 0 Å². The quantitative estimate of drug-likeness (QED) is 0.764. The number of carbonyl (C=O) groups excluding carboxylic acids is 1. The van der Waals surface area contributed by atoms with E-state index >= 15 is 0 Å². The minimum absolute atomic E-state index is 0.0561. The predicted octanol–water partition coefficient (Wildman–Crippen LogP) is 2.00. The molecular formula is C11H16F3NO2. The summed E-state index contributed by atoms with van der Waals surface area (Å²) in [4.78, 5) is 11.3. The normalized spacial score (nSPS) is 40.6. The molecule has 3 nitrogen and oxygen atoms in total. The van der Waals surface area contributed by atoms with Gasteiger partial charge in [0.15, 0.2) is 0 Å². The van der Waals surface area contributed by atoms with Crippen molar-refractivity contribution in [1.29, 1.82) is 0 Å². The van der Waals surface area contributed by atoms with Crippen LogP contribution in [0.3, 0.4) is 0 Å². The molecule has 0 atom stereocenters. The number of carbonyl (C=O) groups is 1. The van der Waals surface area contributed by atoms with Gasteiger partial charge in [-0.3, -0.25) is 4.79 Å². The van der Waals surface area contributed by atoms with Crippen LogP contribution in [0, 0.1) is 11.3 Å². The molecule has 2 aliphatic carbocycles. The zero-order valence-electron chi connectivity index (χ0n) is 9.64. The first kappa shape index (κ1) is 12.7. The monoisotopic (exact) mass is 251 g/mol. The zero-order chi connectivity index (χ0) is 12.9. The summed E-state index contributed by atoms with van der Waals surface area (Å²) in [6, 6.07) is 0. The molecular weight excluding hydrogens is 235 g/mol.